The molecule has 0 spiro atoms. The van der Waals surface area contributed by atoms with Crippen molar-refractivity contribution in [1.82, 2.24) is 20.2 Å². The van der Waals surface area contributed by atoms with Gasteiger partial charge >= 0.3 is 13.2 Å². The Kier molecular flexibility index (Phi) is 7.94. The first-order valence-electron chi connectivity index (χ1n) is 15.9. The summed E-state index contributed by atoms with van der Waals surface area (Å²) in [5, 5.41) is 13.0. The third-order valence-electron chi connectivity index (χ3n) is 9.64. The minimum absolute atomic E-state index is 0.266. The number of H-pyrrole nitrogens is 1. The van der Waals surface area contributed by atoms with Crippen molar-refractivity contribution in [3.8, 4) is 21.7 Å². The van der Waals surface area contributed by atoms with Gasteiger partial charge in [0.25, 0.3) is 5.91 Å². The largest absolute Gasteiger partial charge is 0.494 e. The maximum atomic E-state index is 13.7. The molecule has 2 amide bonds. The highest BCUT2D eigenvalue weighted by atomic mass is 32.1. The van der Waals surface area contributed by atoms with Crippen LogP contribution in [0, 0.1) is 0 Å². The molecule has 2 aliphatic heterocycles. The van der Waals surface area contributed by atoms with E-state index in [1.54, 1.807) is 46.7 Å². The highest BCUT2D eigenvalue weighted by Crippen LogP contribution is 2.39. The number of carboxylic acid groups (broad SMARTS) is 1. The Bertz CT molecular complexity index is 1920. The van der Waals surface area contributed by atoms with Gasteiger partial charge in [0, 0.05) is 16.1 Å². The van der Waals surface area contributed by atoms with Crippen LogP contribution in [0.5, 0.6) is 0 Å². The third-order valence-corrected chi connectivity index (χ3v) is 10.8. The summed E-state index contributed by atoms with van der Waals surface area (Å²) >= 11 is 1.74. The molecule has 11 heteroatoms. The zero-order valence-electron chi connectivity index (χ0n) is 26.8. The van der Waals surface area contributed by atoms with Crippen molar-refractivity contribution in [2.75, 3.05) is 6.54 Å². The number of benzene rings is 3. The lowest BCUT2D eigenvalue weighted by Crippen LogP contribution is -2.42. The number of rotatable bonds is 7. The van der Waals surface area contributed by atoms with Gasteiger partial charge in [-0.1, -0.05) is 66.7 Å². The van der Waals surface area contributed by atoms with Crippen molar-refractivity contribution in [3.05, 3.63) is 96.4 Å². The van der Waals surface area contributed by atoms with Gasteiger partial charge in [0.05, 0.1) is 29.1 Å². The number of likely N-dealkylation sites (tertiary alicyclic amines) is 1. The molecule has 4 heterocycles. The molecule has 9 nitrogen and oxygen atoms in total. The predicted octanol–water partition coefficient (Wildman–Crippen LogP) is 6.93. The molecular formula is C36H37BN4O5S. The van der Waals surface area contributed by atoms with Crippen LogP contribution in [-0.2, 0) is 14.1 Å². The molecule has 3 aromatic carbocycles. The monoisotopic (exact) mass is 648 g/mol. The SMILES string of the molecule is CC1(C)OB(c2ccc3cc(-c4ccc(-c5cnc([C@@H]6CCCN6C(=O)[C@H](NC(=O)O)c6ccccc6)[nH]5)cc4)sc3c2)OC1(C)C. The summed E-state index contributed by atoms with van der Waals surface area (Å²) in [5.41, 5.74) is 3.82. The van der Waals surface area contributed by atoms with E-state index >= 15 is 0 Å². The molecule has 0 saturated carbocycles. The number of amides is 2. The molecule has 2 atom stereocenters. The summed E-state index contributed by atoms with van der Waals surface area (Å²) in [6.07, 6.45) is 2.11. The van der Waals surface area contributed by atoms with Gasteiger partial charge in [0.1, 0.15) is 11.9 Å². The summed E-state index contributed by atoms with van der Waals surface area (Å²) in [4.78, 5) is 36.2. The van der Waals surface area contributed by atoms with Gasteiger partial charge in [-0.2, -0.15) is 0 Å². The second-order valence-corrected chi connectivity index (χ2v) is 14.3. The number of thiophene rings is 1. The minimum Gasteiger partial charge on any atom is -0.465 e. The standard InChI is InChI=1S/C36H37BN4O5S/c1-35(2)36(3,4)46-37(45-35)26-17-16-25-19-29(47-30(25)20-26)23-14-12-22(13-15-23)27-21-38-32(39-27)28-11-8-18-41(28)33(42)31(40-34(43)44)24-9-6-5-7-10-24/h5-7,9-10,12-17,19-21,28,31,40H,8,11,18H2,1-4H3,(H,38,39)(H,43,44)/t28-,31+/m0/s1. The van der Waals surface area contributed by atoms with Crippen molar-refractivity contribution in [3.63, 3.8) is 0 Å². The Labute approximate surface area is 278 Å². The van der Waals surface area contributed by atoms with E-state index in [0.29, 0.717) is 17.9 Å². The minimum atomic E-state index is -1.24. The average Bonchev–Trinajstić information content (AvgIpc) is 3.85. The maximum Gasteiger partial charge on any atom is 0.494 e. The molecule has 2 fully saturated rings. The first kappa shape index (κ1) is 31.2. The fourth-order valence-corrected chi connectivity index (χ4v) is 7.44. The quantitative estimate of drug-likeness (QED) is 0.165. The van der Waals surface area contributed by atoms with Gasteiger partial charge < -0.3 is 29.6 Å². The Balaban J connectivity index is 1.07. The van der Waals surface area contributed by atoms with Crippen molar-refractivity contribution in [1.29, 1.82) is 0 Å². The van der Waals surface area contributed by atoms with Crippen molar-refractivity contribution < 1.29 is 24.0 Å². The van der Waals surface area contributed by atoms with Crippen molar-refractivity contribution >= 4 is 46.0 Å². The van der Waals surface area contributed by atoms with Crippen LogP contribution in [-0.4, -0.2) is 56.8 Å². The van der Waals surface area contributed by atoms with Crippen LogP contribution < -0.4 is 10.8 Å². The molecular weight excluding hydrogens is 611 g/mol. The van der Waals surface area contributed by atoms with Gasteiger partial charge in [-0.25, -0.2) is 9.78 Å². The smallest absolute Gasteiger partial charge is 0.465 e. The summed E-state index contributed by atoms with van der Waals surface area (Å²) in [7, 11) is -0.394. The highest BCUT2D eigenvalue weighted by Gasteiger charge is 2.51. The first-order chi connectivity index (χ1) is 22.5. The Morgan fingerprint density at radius 2 is 1.70 bits per heavy atom. The second-order valence-electron chi connectivity index (χ2n) is 13.2. The fraction of sp³-hybridized carbons (Fsp3) is 0.306. The van der Waals surface area contributed by atoms with E-state index in [-0.39, 0.29) is 23.2 Å². The van der Waals surface area contributed by atoms with E-state index in [0.717, 1.165) is 35.1 Å². The van der Waals surface area contributed by atoms with Gasteiger partial charge in [0.2, 0.25) is 0 Å². The topological polar surface area (TPSA) is 117 Å². The van der Waals surface area contributed by atoms with E-state index in [1.807, 2.05) is 6.07 Å². The van der Waals surface area contributed by atoms with E-state index in [2.05, 4.69) is 91.5 Å². The van der Waals surface area contributed by atoms with E-state index in [4.69, 9.17) is 9.31 Å². The molecule has 0 radical (unpaired) electrons. The second kappa shape index (κ2) is 12.0. The number of aromatic amines is 1. The fourth-order valence-electron chi connectivity index (χ4n) is 6.32. The average molecular weight is 649 g/mol. The van der Waals surface area contributed by atoms with Gasteiger partial charge in [-0.3, -0.25) is 4.79 Å². The Hall–Kier alpha value is -4.45. The molecule has 3 N–H and O–H groups in total. The molecule has 47 heavy (non-hydrogen) atoms. The number of carbonyl (C=O) groups excluding carboxylic acids is 1. The molecule has 2 aliphatic rings. The van der Waals surface area contributed by atoms with Crippen LogP contribution in [0.25, 0.3) is 31.8 Å². The van der Waals surface area contributed by atoms with Crippen LogP contribution >= 0.6 is 11.3 Å². The normalized spacial score (nSPS) is 19.3. The lowest BCUT2D eigenvalue weighted by atomic mass is 9.79. The van der Waals surface area contributed by atoms with E-state index < -0.39 is 19.3 Å². The summed E-state index contributed by atoms with van der Waals surface area (Å²) < 4.78 is 13.7. The van der Waals surface area contributed by atoms with E-state index in [9.17, 15) is 14.7 Å². The molecule has 0 aliphatic carbocycles. The Morgan fingerprint density at radius 1 is 1.00 bits per heavy atom. The van der Waals surface area contributed by atoms with Crippen LogP contribution in [0.4, 0.5) is 4.79 Å². The highest BCUT2D eigenvalue weighted by molar-refractivity contribution is 7.22. The lowest BCUT2D eigenvalue weighted by Gasteiger charge is -2.32. The number of hydrogen-bond donors (Lipinski definition) is 3. The summed E-state index contributed by atoms with van der Waals surface area (Å²) in [6.45, 7) is 8.80. The number of nitrogens with zero attached hydrogens (tertiary/aromatic N) is 2. The molecule has 2 aromatic heterocycles. The number of carbonyl (C=O) groups is 2. The third kappa shape index (κ3) is 5.95. The number of imidazole rings is 1. The predicted molar refractivity (Wildman–Crippen MR) is 185 cm³/mol. The summed E-state index contributed by atoms with van der Waals surface area (Å²) in [6, 6.07) is 24.7. The lowest BCUT2D eigenvalue weighted by molar-refractivity contribution is -0.134. The molecule has 0 bridgehead atoms. The summed E-state index contributed by atoms with van der Waals surface area (Å²) in [5.74, 6) is 0.411. The maximum absolute atomic E-state index is 13.7. The molecule has 2 saturated heterocycles. The van der Waals surface area contributed by atoms with E-state index in [1.165, 1.54) is 15.0 Å². The molecule has 0 unspecified atom stereocenters. The molecule has 240 valence electrons. The number of hydrogen-bond acceptors (Lipinski definition) is 6. The zero-order valence-corrected chi connectivity index (χ0v) is 27.6. The van der Waals surface area contributed by atoms with Gasteiger partial charge in [-0.05, 0) is 80.2 Å². The number of fused-ring (bicyclic) bond motifs is 1. The van der Waals surface area contributed by atoms with Crippen molar-refractivity contribution in [2.45, 2.75) is 63.8 Å². The number of nitrogens with one attached hydrogen (secondary N) is 2. The van der Waals surface area contributed by atoms with Gasteiger partial charge in [-0.15, -0.1) is 11.3 Å². The number of aromatic nitrogens is 2. The first-order valence-corrected chi connectivity index (χ1v) is 16.7. The Morgan fingerprint density at radius 3 is 2.40 bits per heavy atom. The van der Waals surface area contributed by atoms with Crippen LogP contribution in [0.2, 0.25) is 0 Å². The zero-order chi connectivity index (χ0) is 32.9. The molecule has 7 rings (SSSR count). The van der Waals surface area contributed by atoms with Crippen LogP contribution in [0.3, 0.4) is 0 Å². The van der Waals surface area contributed by atoms with Crippen LogP contribution in [0.15, 0.2) is 85.1 Å². The van der Waals surface area contributed by atoms with Gasteiger partial charge in [0.15, 0.2) is 0 Å². The van der Waals surface area contributed by atoms with Crippen LogP contribution in [0.1, 0.15) is 64.0 Å². The van der Waals surface area contributed by atoms with Crippen molar-refractivity contribution in [2.24, 2.45) is 0 Å². The molecule has 5 aromatic rings.